The molecule has 3 aromatic heterocycles. The van der Waals surface area contributed by atoms with Crippen molar-refractivity contribution in [3.63, 3.8) is 0 Å². The molecule has 7 heteroatoms. The molecular weight excluding hydrogens is 368 g/mol. The largest absolute Gasteiger partial charge is 0.465 e. The molecule has 0 bridgehead atoms. The van der Waals surface area contributed by atoms with E-state index < -0.39 is 5.97 Å². The van der Waals surface area contributed by atoms with Gasteiger partial charge in [-0.15, -0.1) is 0 Å². The standard InChI is InChI=1S/C22H20N4O3/c1-14-7-6-11-26-19(14)24-20-17(21(26)27)13-16(22(28)29-2)18(23)25(20)12-10-15-8-4-3-5-9-15/h3-9,11,13,23H,10,12H2,1-2H3. The van der Waals surface area contributed by atoms with Crippen LogP contribution in [0.3, 0.4) is 0 Å². The van der Waals surface area contributed by atoms with Gasteiger partial charge < -0.3 is 9.30 Å². The molecule has 1 N–H and O–H groups in total. The van der Waals surface area contributed by atoms with Crippen LogP contribution in [-0.4, -0.2) is 27.0 Å². The zero-order chi connectivity index (χ0) is 20.5. The van der Waals surface area contributed by atoms with E-state index in [1.54, 1.807) is 16.8 Å². The fraction of sp³-hybridized carbons (Fsp3) is 0.182. The summed E-state index contributed by atoms with van der Waals surface area (Å²) in [5.74, 6) is -0.654. The number of ether oxygens (including phenoxy) is 1. The normalized spacial score (nSPS) is 11.1. The first kappa shape index (κ1) is 18.6. The molecule has 7 nitrogen and oxygen atoms in total. The number of pyridine rings is 2. The minimum Gasteiger partial charge on any atom is -0.465 e. The molecule has 4 rings (SSSR count). The van der Waals surface area contributed by atoms with Crippen molar-refractivity contribution in [2.75, 3.05) is 7.11 Å². The Kier molecular flexibility index (Phi) is 4.72. The first-order valence-corrected chi connectivity index (χ1v) is 9.23. The van der Waals surface area contributed by atoms with E-state index in [-0.39, 0.29) is 22.0 Å². The number of hydrogen-bond donors (Lipinski definition) is 1. The molecule has 146 valence electrons. The summed E-state index contributed by atoms with van der Waals surface area (Å²) in [4.78, 5) is 30.1. The van der Waals surface area contributed by atoms with Gasteiger partial charge in [0.05, 0.1) is 12.5 Å². The smallest absolute Gasteiger partial charge is 0.341 e. The van der Waals surface area contributed by atoms with Crippen molar-refractivity contribution >= 4 is 22.6 Å². The van der Waals surface area contributed by atoms with E-state index in [1.165, 1.54) is 17.6 Å². The summed E-state index contributed by atoms with van der Waals surface area (Å²) >= 11 is 0. The minimum atomic E-state index is -0.654. The van der Waals surface area contributed by atoms with E-state index in [2.05, 4.69) is 0 Å². The number of nitrogens with one attached hydrogen (secondary N) is 1. The maximum Gasteiger partial charge on any atom is 0.341 e. The van der Waals surface area contributed by atoms with Gasteiger partial charge in [-0.2, -0.15) is 0 Å². The maximum absolute atomic E-state index is 13.1. The molecule has 0 aliphatic carbocycles. The molecule has 29 heavy (non-hydrogen) atoms. The van der Waals surface area contributed by atoms with Gasteiger partial charge in [-0.3, -0.25) is 14.6 Å². The van der Waals surface area contributed by atoms with Crippen LogP contribution in [0.2, 0.25) is 0 Å². The Labute approximate surface area is 166 Å². The summed E-state index contributed by atoms with van der Waals surface area (Å²) in [6.45, 7) is 2.28. The minimum absolute atomic E-state index is 0.0230. The van der Waals surface area contributed by atoms with Gasteiger partial charge in [-0.05, 0) is 36.6 Å². The van der Waals surface area contributed by atoms with E-state index in [0.29, 0.717) is 24.3 Å². The summed E-state index contributed by atoms with van der Waals surface area (Å²) in [5, 5.41) is 8.85. The topological polar surface area (TPSA) is 89.4 Å². The Balaban J connectivity index is 2.02. The molecule has 0 spiro atoms. The average Bonchev–Trinajstić information content (AvgIpc) is 2.74. The van der Waals surface area contributed by atoms with Crippen LogP contribution in [0.1, 0.15) is 21.5 Å². The number of methoxy groups -OCH3 is 1. The number of esters is 1. The number of aromatic nitrogens is 3. The highest BCUT2D eigenvalue weighted by Crippen LogP contribution is 2.14. The number of carbonyl (C=O) groups excluding carboxylic acids is 1. The monoisotopic (exact) mass is 388 g/mol. The average molecular weight is 388 g/mol. The van der Waals surface area contributed by atoms with E-state index >= 15 is 0 Å². The van der Waals surface area contributed by atoms with E-state index in [1.807, 2.05) is 43.3 Å². The zero-order valence-corrected chi connectivity index (χ0v) is 16.2. The molecule has 0 saturated heterocycles. The molecule has 3 heterocycles. The molecule has 0 radical (unpaired) electrons. The summed E-state index contributed by atoms with van der Waals surface area (Å²) in [6, 6.07) is 14.9. The Morgan fingerprint density at radius 2 is 1.90 bits per heavy atom. The lowest BCUT2D eigenvalue weighted by Crippen LogP contribution is -2.31. The van der Waals surface area contributed by atoms with Crippen molar-refractivity contribution < 1.29 is 9.53 Å². The molecule has 4 aromatic rings. The molecular formula is C22H20N4O3. The lowest BCUT2D eigenvalue weighted by molar-refractivity contribution is 0.0597. The van der Waals surface area contributed by atoms with Gasteiger partial charge >= 0.3 is 5.97 Å². The first-order valence-electron chi connectivity index (χ1n) is 9.23. The van der Waals surface area contributed by atoms with Crippen molar-refractivity contribution in [1.82, 2.24) is 14.0 Å². The predicted molar refractivity (Wildman–Crippen MR) is 109 cm³/mol. The Morgan fingerprint density at radius 1 is 1.14 bits per heavy atom. The number of carbonyl (C=O) groups is 1. The first-order chi connectivity index (χ1) is 14.0. The molecule has 0 aliphatic heterocycles. The number of benzene rings is 1. The summed E-state index contributed by atoms with van der Waals surface area (Å²) in [6.07, 6.45) is 2.28. The highest BCUT2D eigenvalue weighted by molar-refractivity contribution is 5.93. The van der Waals surface area contributed by atoms with Crippen molar-refractivity contribution in [2.45, 2.75) is 19.9 Å². The van der Waals surface area contributed by atoms with Gasteiger partial charge in [0.25, 0.3) is 5.56 Å². The number of fused-ring (bicyclic) bond motifs is 2. The second-order valence-electron chi connectivity index (χ2n) is 6.82. The maximum atomic E-state index is 13.1. The predicted octanol–water partition coefficient (Wildman–Crippen LogP) is 2.47. The fourth-order valence-corrected chi connectivity index (χ4v) is 3.47. The van der Waals surface area contributed by atoms with Gasteiger partial charge in [-0.25, -0.2) is 9.78 Å². The number of nitrogens with zero attached hydrogens (tertiary/aromatic N) is 3. The second kappa shape index (κ2) is 7.35. The third-order valence-electron chi connectivity index (χ3n) is 5.01. The van der Waals surface area contributed by atoms with Gasteiger partial charge in [-0.1, -0.05) is 36.4 Å². The van der Waals surface area contributed by atoms with Crippen molar-refractivity contribution in [1.29, 1.82) is 5.41 Å². The number of hydrogen-bond acceptors (Lipinski definition) is 5. The SMILES string of the molecule is COC(=O)c1cc2c(=O)n3cccc(C)c3nc2n(CCc2ccccc2)c1=N. The molecule has 0 atom stereocenters. The lowest BCUT2D eigenvalue weighted by Gasteiger charge is -2.14. The Hall–Kier alpha value is -3.74. The highest BCUT2D eigenvalue weighted by Gasteiger charge is 2.18. The molecule has 0 fully saturated rings. The Bertz CT molecular complexity index is 1350. The van der Waals surface area contributed by atoms with E-state index in [4.69, 9.17) is 15.1 Å². The molecule has 0 saturated carbocycles. The molecule has 0 amide bonds. The Morgan fingerprint density at radius 3 is 2.62 bits per heavy atom. The van der Waals surface area contributed by atoms with Crippen LogP contribution < -0.4 is 11.0 Å². The van der Waals surface area contributed by atoms with Gasteiger partial charge in [0, 0.05) is 12.7 Å². The van der Waals surface area contributed by atoms with Crippen LogP contribution in [0.25, 0.3) is 16.7 Å². The molecule has 0 aliphatic rings. The molecule has 1 aromatic carbocycles. The van der Waals surface area contributed by atoms with Crippen LogP contribution in [0.15, 0.2) is 59.5 Å². The summed E-state index contributed by atoms with van der Waals surface area (Å²) in [7, 11) is 1.26. The fourth-order valence-electron chi connectivity index (χ4n) is 3.47. The van der Waals surface area contributed by atoms with Crippen molar-refractivity contribution in [3.05, 3.63) is 87.3 Å². The molecule has 0 unspecified atom stereocenters. The van der Waals surface area contributed by atoms with Crippen LogP contribution in [0.4, 0.5) is 0 Å². The van der Waals surface area contributed by atoms with Crippen LogP contribution in [0.5, 0.6) is 0 Å². The summed E-state index contributed by atoms with van der Waals surface area (Å²) < 4.78 is 7.90. The quantitative estimate of drug-likeness (QED) is 0.430. The summed E-state index contributed by atoms with van der Waals surface area (Å²) in [5.41, 5.74) is 2.59. The second-order valence-corrected chi connectivity index (χ2v) is 6.82. The third-order valence-corrected chi connectivity index (χ3v) is 5.01. The van der Waals surface area contributed by atoms with Crippen molar-refractivity contribution in [3.8, 4) is 0 Å². The zero-order valence-electron chi connectivity index (χ0n) is 16.2. The van der Waals surface area contributed by atoms with E-state index in [0.717, 1.165) is 11.1 Å². The lowest BCUT2D eigenvalue weighted by atomic mass is 10.1. The number of aryl methyl sites for hydroxylation is 3. The van der Waals surface area contributed by atoms with Gasteiger partial charge in [0.1, 0.15) is 22.3 Å². The van der Waals surface area contributed by atoms with E-state index in [9.17, 15) is 9.59 Å². The van der Waals surface area contributed by atoms with Crippen molar-refractivity contribution in [2.24, 2.45) is 0 Å². The van der Waals surface area contributed by atoms with Crippen LogP contribution in [-0.2, 0) is 17.7 Å². The van der Waals surface area contributed by atoms with Gasteiger partial charge in [0.15, 0.2) is 0 Å². The number of rotatable bonds is 4. The van der Waals surface area contributed by atoms with Gasteiger partial charge in [0.2, 0.25) is 0 Å². The van der Waals surface area contributed by atoms with Crippen LogP contribution >= 0.6 is 0 Å². The third kappa shape index (κ3) is 3.20. The van der Waals surface area contributed by atoms with Crippen LogP contribution in [0, 0.1) is 12.3 Å². The highest BCUT2D eigenvalue weighted by atomic mass is 16.5.